The normalized spacial score (nSPS) is 26.5. The lowest BCUT2D eigenvalue weighted by Gasteiger charge is -2.33. The molecule has 0 heterocycles. The largest absolute Gasteiger partial charge is 0.418 e. The van der Waals surface area contributed by atoms with Crippen LogP contribution in [-0.2, 0) is 0 Å². The second-order valence-corrected chi connectivity index (χ2v) is 4.63. The predicted octanol–water partition coefficient (Wildman–Crippen LogP) is 1.08. The van der Waals surface area contributed by atoms with Crippen LogP contribution in [0.1, 0.15) is 19.8 Å². The molecule has 11 heteroatoms. The first kappa shape index (κ1) is 16.9. The molecule has 2 unspecified atom stereocenters. The maximum absolute atomic E-state index is 12.8. The fourth-order valence-electron chi connectivity index (χ4n) is 2.37. The van der Waals surface area contributed by atoms with Crippen molar-refractivity contribution in [1.29, 1.82) is 0 Å². The Morgan fingerprint density at radius 3 is 2.24 bits per heavy atom. The minimum absolute atomic E-state index is 0.186. The average molecular weight is 310 g/mol. The van der Waals surface area contributed by atoms with Crippen molar-refractivity contribution in [2.75, 3.05) is 0 Å². The van der Waals surface area contributed by atoms with Crippen molar-refractivity contribution in [2.24, 2.45) is 11.5 Å². The molecule has 0 aromatic carbocycles. The Morgan fingerprint density at radius 1 is 1.38 bits per heavy atom. The lowest BCUT2D eigenvalue weighted by atomic mass is 9.77. The van der Waals surface area contributed by atoms with E-state index in [0.29, 0.717) is 0 Å². The molecule has 0 amide bonds. The summed E-state index contributed by atoms with van der Waals surface area (Å²) in [4.78, 5) is 19.8. The lowest BCUT2D eigenvalue weighted by molar-refractivity contribution is -0.534. The van der Waals surface area contributed by atoms with Crippen LogP contribution < -0.4 is 11.5 Å². The Bertz CT molecular complexity index is 543. The van der Waals surface area contributed by atoms with E-state index in [4.69, 9.17) is 11.5 Å². The second kappa shape index (κ2) is 5.31. The van der Waals surface area contributed by atoms with Crippen molar-refractivity contribution in [2.45, 2.75) is 37.5 Å². The maximum atomic E-state index is 12.8. The number of hydrogen-bond acceptors (Lipinski definition) is 6. The predicted molar refractivity (Wildman–Crippen MR) is 65.0 cm³/mol. The molecule has 0 spiro atoms. The van der Waals surface area contributed by atoms with E-state index in [9.17, 15) is 33.4 Å². The van der Waals surface area contributed by atoms with Gasteiger partial charge in [-0.1, -0.05) is 13.3 Å². The molecule has 21 heavy (non-hydrogen) atoms. The number of nitro groups is 2. The molecule has 8 nitrogen and oxygen atoms in total. The van der Waals surface area contributed by atoms with E-state index >= 15 is 0 Å². The summed E-state index contributed by atoms with van der Waals surface area (Å²) < 4.78 is 38.5. The van der Waals surface area contributed by atoms with Crippen LogP contribution in [0, 0.1) is 20.2 Å². The number of hydrogen-bond donors (Lipinski definition) is 2. The molecule has 4 N–H and O–H groups in total. The molecule has 2 atom stereocenters. The van der Waals surface area contributed by atoms with Gasteiger partial charge >= 0.3 is 6.18 Å². The highest BCUT2D eigenvalue weighted by atomic mass is 19.4. The van der Waals surface area contributed by atoms with Gasteiger partial charge in [0.1, 0.15) is 0 Å². The summed E-state index contributed by atoms with van der Waals surface area (Å²) in [5.74, 6) is 0. The maximum Gasteiger partial charge on any atom is 0.418 e. The molecular weight excluding hydrogens is 297 g/mol. The van der Waals surface area contributed by atoms with Crippen molar-refractivity contribution >= 4 is 0 Å². The quantitative estimate of drug-likeness (QED) is 0.588. The summed E-state index contributed by atoms with van der Waals surface area (Å²) in [5.41, 5.74) is 5.00. The summed E-state index contributed by atoms with van der Waals surface area (Å²) in [7, 11) is 0. The molecule has 0 saturated carbocycles. The molecule has 1 aliphatic carbocycles. The summed E-state index contributed by atoms with van der Waals surface area (Å²) >= 11 is 0. The Hall–Kier alpha value is -2.17. The molecule has 0 aliphatic heterocycles. The third kappa shape index (κ3) is 2.82. The molecule has 0 aromatic heterocycles. The van der Waals surface area contributed by atoms with Crippen molar-refractivity contribution in [1.82, 2.24) is 0 Å². The van der Waals surface area contributed by atoms with Crippen LogP contribution in [0.25, 0.3) is 0 Å². The van der Waals surface area contributed by atoms with Gasteiger partial charge in [0.2, 0.25) is 0 Å². The van der Waals surface area contributed by atoms with Crippen molar-refractivity contribution in [3.63, 3.8) is 0 Å². The van der Waals surface area contributed by atoms with Gasteiger partial charge in [0.25, 0.3) is 11.7 Å². The zero-order chi connectivity index (χ0) is 16.6. The molecule has 0 bridgehead atoms. The Morgan fingerprint density at radius 2 is 1.90 bits per heavy atom. The highest BCUT2D eigenvalue weighted by Crippen LogP contribution is 2.40. The molecule has 1 rings (SSSR count). The van der Waals surface area contributed by atoms with E-state index in [1.807, 2.05) is 0 Å². The van der Waals surface area contributed by atoms with Gasteiger partial charge in [-0.05, 0) is 6.42 Å². The minimum Gasteiger partial charge on any atom is -0.396 e. The SMILES string of the molecule is CCCC1(N)C([N+](=O)[O-])=CC(C(F)(F)F)=C(N)C1[N+](=O)[O-]. The third-order valence-electron chi connectivity index (χ3n) is 3.23. The first-order valence-corrected chi connectivity index (χ1v) is 5.82. The van der Waals surface area contributed by atoms with Gasteiger partial charge in [0.05, 0.1) is 16.2 Å². The van der Waals surface area contributed by atoms with Crippen LogP contribution in [0.2, 0.25) is 0 Å². The molecule has 118 valence electrons. The smallest absolute Gasteiger partial charge is 0.396 e. The van der Waals surface area contributed by atoms with Crippen LogP contribution >= 0.6 is 0 Å². The number of nitrogens with zero attached hydrogens (tertiary/aromatic N) is 2. The fourth-order valence-corrected chi connectivity index (χ4v) is 2.37. The Balaban J connectivity index is 3.65. The van der Waals surface area contributed by atoms with Gasteiger partial charge in [-0.3, -0.25) is 20.2 Å². The monoisotopic (exact) mass is 310 g/mol. The van der Waals surface area contributed by atoms with Gasteiger partial charge in [0.15, 0.2) is 5.54 Å². The molecule has 0 radical (unpaired) electrons. The molecular formula is C10H13F3N4O4. The van der Waals surface area contributed by atoms with Crippen LogP contribution in [0.15, 0.2) is 23.0 Å². The molecule has 0 saturated heterocycles. The molecule has 1 aliphatic rings. The fraction of sp³-hybridized carbons (Fsp3) is 0.600. The summed E-state index contributed by atoms with van der Waals surface area (Å²) in [6, 6.07) is -2.21. The Labute approximate surface area is 116 Å². The van der Waals surface area contributed by atoms with E-state index in [2.05, 4.69) is 0 Å². The summed E-state index contributed by atoms with van der Waals surface area (Å²) in [6.07, 6.45) is -4.92. The van der Waals surface area contributed by atoms with Gasteiger partial charge in [-0.15, -0.1) is 0 Å². The number of allylic oxidation sites excluding steroid dienone is 2. The zero-order valence-electron chi connectivity index (χ0n) is 10.9. The number of rotatable bonds is 4. The third-order valence-corrected chi connectivity index (χ3v) is 3.23. The standard InChI is InChI=1S/C10H13F3N4O4/c1-2-3-9(15)6(16(18)19)4-5(10(11,12)13)7(14)8(9)17(20)21/h4,8H,2-3,14-15H2,1H3. The van der Waals surface area contributed by atoms with Gasteiger partial charge in [0, 0.05) is 11.0 Å². The lowest BCUT2D eigenvalue weighted by Crippen LogP contribution is -2.61. The van der Waals surface area contributed by atoms with Crippen LogP contribution in [-0.4, -0.2) is 27.6 Å². The van der Waals surface area contributed by atoms with Gasteiger partial charge < -0.3 is 11.5 Å². The number of halogens is 3. The highest BCUT2D eigenvalue weighted by molar-refractivity contribution is 5.43. The van der Waals surface area contributed by atoms with Crippen molar-refractivity contribution in [3.8, 4) is 0 Å². The summed E-state index contributed by atoms with van der Waals surface area (Å²) in [5, 5.41) is 22.1. The average Bonchev–Trinajstić information content (AvgIpc) is 2.25. The van der Waals surface area contributed by atoms with E-state index in [1.165, 1.54) is 0 Å². The number of nitrogens with two attached hydrogens (primary N) is 2. The van der Waals surface area contributed by atoms with Crippen molar-refractivity contribution < 1.29 is 23.0 Å². The number of alkyl halides is 3. The molecule has 0 aromatic rings. The van der Waals surface area contributed by atoms with Crippen LogP contribution in [0.4, 0.5) is 13.2 Å². The topological polar surface area (TPSA) is 138 Å². The zero-order valence-corrected chi connectivity index (χ0v) is 10.9. The first-order chi connectivity index (χ1) is 9.46. The highest BCUT2D eigenvalue weighted by Gasteiger charge is 2.59. The second-order valence-electron chi connectivity index (χ2n) is 4.63. The first-order valence-electron chi connectivity index (χ1n) is 5.82. The van der Waals surface area contributed by atoms with E-state index < -0.39 is 44.6 Å². The van der Waals surface area contributed by atoms with Crippen LogP contribution in [0.5, 0.6) is 0 Å². The minimum atomic E-state index is -5.05. The Kier molecular flexibility index (Phi) is 4.27. The van der Waals surface area contributed by atoms with Gasteiger partial charge in [-0.2, -0.15) is 13.2 Å². The summed E-state index contributed by atoms with van der Waals surface area (Å²) in [6.45, 7) is 1.54. The van der Waals surface area contributed by atoms with Crippen LogP contribution in [0.3, 0.4) is 0 Å². The van der Waals surface area contributed by atoms with E-state index in [-0.39, 0.29) is 18.9 Å². The van der Waals surface area contributed by atoms with Crippen molar-refractivity contribution in [3.05, 3.63) is 43.3 Å². The van der Waals surface area contributed by atoms with E-state index in [1.54, 1.807) is 6.92 Å². The molecule has 0 fully saturated rings. The van der Waals surface area contributed by atoms with Gasteiger partial charge in [-0.25, -0.2) is 0 Å². The van der Waals surface area contributed by atoms with E-state index in [0.717, 1.165) is 0 Å².